The second kappa shape index (κ2) is 7.52. The molecule has 2 aromatic rings. The van der Waals surface area contributed by atoms with Gasteiger partial charge < -0.3 is 4.74 Å². The van der Waals surface area contributed by atoms with Crippen molar-refractivity contribution >= 4 is 21.9 Å². The van der Waals surface area contributed by atoms with Crippen LogP contribution < -0.4 is 5.69 Å². The summed E-state index contributed by atoms with van der Waals surface area (Å²) in [5, 5.41) is 5.96. The van der Waals surface area contributed by atoms with Crippen LogP contribution in [0, 0.1) is 0 Å². The van der Waals surface area contributed by atoms with E-state index in [1.54, 1.807) is 6.92 Å². The Morgan fingerprint density at radius 3 is 2.42 bits per heavy atom. The summed E-state index contributed by atoms with van der Waals surface area (Å²) in [5.41, 5.74) is 0.560. The van der Waals surface area contributed by atoms with E-state index in [2.05, 4.69) is 30.9 Å². The highest BCUT2D eigenvalue weighted by molar-refractivity contribution is 9.10. The quantitative estimate of drug-likeness (QED) is 0.854. The number of hydrogen-bond donors (Lipinski definition) is 1. The SMILES string of the molecule is CCOC(C)=O.O=c1[nH]ncn1-c1ccc(Br)cc1. The molecule has 1 heterocycles. The van der Waals surface area contributed by atoms with Gasteiger partial charge in [-0.25, -0.2) is 14.5 Å². The molecule has 0 saturated heterocycles. The molecule has 102 valence electrons. The second-order valence-corrected chi connectivity index (χ2v) is 4.35. The number of aromatic nitrogens is 3. The Hall–Kier alpha value is -1.89. The van der Waals surface area contributed by atoms with Crippen molar-refractivity contribution in [1.29, 1.82) is 0 Å². The van der Waals surface area contributed by atoms with E-state index in [-0.39, 0.29) is 11.7 Å². The molecule has 7 heteroatoms. The van der Waals surface area contributed by atoms with Gasteiger partial charge in [-0.3, -0.25) is 4.79 Å². The maximum absolute atomic E-state index is 11.1. The molecule has 0 amide bonds. The molecule has 6 nitrogen and oxygen atoms in total. The molecule has 0 aliphatic rings. The van der Waals surface area contributed by atoms with Crippen LogP contribution in [0.15, 0.2) is 39.9 Å². The summed E-state index contributed by atoms with van der Waals surface area (Å²) in [6.45, 7) is 3.65. The van der Waals surface area contributed by atoms with E-state index in [0.29, 0.717) is 6.61 Å². The number of esters is 1. The molecule has 0 fully saturated rings. The molecule has 1 aromatic heterocycles. The van der Waals surface area contributed by atoms with Crippen LogP contribution in [0.1, 0.15) is 13.8 Å². The van der Waals surface area contributed by atoms with Gasteiger partial charge in [0.15, 0.2) is 0 Å². The Balaban J connectivity index is 0.000000258. The van der Waals surface area contributed by atoms with Gasteiger partial charge >= 0.3 is 11.7 Å². The fourth-order valence-electron chi connectivity index (χ4n) is 1.24. The molecule has 1 N–H and O–H groups in total. The van der Waals surface area contributed by atoms with Crippen LogP contribution >= 0.6 is 15.9 Å². The molecule has 0 unspecified atom stereocenters. The van der Waals surface area contributed by atoms with Gasteiger partial charge in [-0.1, -0.05) is 15.9 Å². The maximum Gasteiger partial charge on any atom is 0.347 e. The Bertz CT molecular complexity index is 574. The van der Waals surface area contributed by atoms with Crippen molar-refractivity contribution < 1.29 is 9.53 Å². The molecule has 2 rings (SSSR count). The highest BCUT2D eigenvalue weighted by Gasteiger charge is 1.99. The van der Waals surface area contributed by atoms with Crippen molar-refractivity contribution in [3.63, 3.8) is 0 Å². The molecular formula is C12H14BrN3O3. The van der Waals surface area contributed by atoms with Crippen LogP contribution in [0.25, 0.3) is 5.69 Å². The molecule has 0 aliphatic heterocycles. The van der Waals surface area contributed by atoms with Gasteiger partial charge in [0.2, 0.25) is 0 Å². The zero-order valence-corrected chi connectivity index (χ0v) is 12.2. The molecule has 0 aliphatic carbocycles. The van der Waals surface area contributed by atoms with Gasteiger partial charge in [0.1, 0.15) is 6.33 Å². The summed E-state index contributed by atoms with van der Waals surface area (Å²) < 4.78 is 6.82. The third kappa shape index (κ3) is 5.09. The zero-order chi connectivity index (χ0) is 14.3. The highest BCUT2D eigenvalue weighted by atomic mass is 79.9. The average molecular weight is 328 g/mol. The van der Waals surface area contributed by atoms with Crippen molar-refractivity contribution in [2.45, 2.75) is 13.8 Å². The molecule has 1 aromatic carbocycles. The summed E-state index contributed by atoms with van der Waals surface area (Å²) in [6.07, 6.45) is 1.45. The van der Waals surface area contributed by atoms with Crippen LogP contribution in [0.5, 0.6) is 0 Å². The lowest BCUT2D eigenvalue weighted by atomic mass is 10.3. The molecule has 0 bridgehead atoms. The monoisotopic (exact) mass is 327 g/mol. The number of carbonyl (C=O) groups excluding carboxylic acids is 1. The first kappa shape index (κ1) is 15.2. The number of nitrogens with one attached hydrogen (secondary N) is 1. The molecule has 0 atom stereocenters. The average Bonchev–Trinajstić information content (AvgIpc) is 2.77. The summed E-state index contributed by atoms with van der Waals surface area (Å²) >= 11 is 3.32. The van der Waals surface area contributed by atoms with Crippen molar-refractivity contribution in [2.24, 2.45) is 0 Å². The third-order valence-corrected chi connectivity index (χ3v) is 2.53. The van der Waals surface area contributed by atoms with E-state index in [4.69, 9.17) is 0 Å². The molecule has 19 heavy (non-hydrogen) atoms. The number of nitrogens with zero attached hydrogens (tertiary/aromatic N) is 2. The fourth-order valence-corrected chi connectivity index (χ4v) is 1.50. The summed E-state index contributed by atoms with van der Waals surface area (Å²) in [6, 6.07) is 7.41. The van der Waals surface area contributed by atoms with Gasteiger partial charge in [-0.05, 0) is 31.2 Å². The van der Waals surface area contributed by atoms with Crippen LogP contribution in [-0.2, 0) is 9.53 Å². The van der Waals surface area contributed by atoms with E-state index >= 15 is 0 Å². The molecular weight excluding hydrogens is 314 g/mol. The maximum atomic E-state index is 11.1. The predicted molar refractivity (Wildman–Crippen MR) is 74.2 cm³/mol. The number of ether oxygens (including phenoxy) is 1. The second-order valence-electron chi connectivity index (χ2n) is 3.43. The third-order valence-electron chi connectivity index (χ3n) is 2.00. The lowest BCUT2D eigenvalue weighted by molar-refractivity contribution is -0.140. The van der Waals surface area contributed by atoms with Crippen molar-refractivity contribution in [2.75, 3.05) is 6.61 Å². The number of H-pyrrole nitrogens is 1. The minimum Gasteiger partial charge on any atom is -0.466 e. The molecule has 0 radical (unpaired) electrons. The largest absolute Gasteiger partial charge is 0.466 e. The first-order valence-corrected chi connectivity index (χ1v) is 6.35. The zero-order valence-electron chi connectivity index (χ0n) is 10.6. The lowest BCUT2D eigenvalue weighted by Gasteiger charge is -1.98. The fraction of sp³-hybridized carbons (Fsp3) is 0.250. The van der Waals surface area contributed by atoms with Crippen molar-refractivity contribution in [3.05, 3.63) is 45.5 Å². The van der Waals surface area contributed by atoms with Crippen LogP contribution in [0.2, 0.25) is 0 Å². The minimum absolute atomic E-state index is 0.211. The van der Waals surface area contributed by atoms with Crippen molar-refractivity contribution in [1.82, 2.24) is 14.8 Å². The standard InChI is InChI=1S/C8H6BrN3O.C4H8O2/c9-6-1-3-7(4-2-6)12-5-10-11-8(12)13;1-3-6-4(2)5/h1-5H,(H,11,13);3H2,1-2H3. The smallest absolute Gasteiger partial charge is 0.347 e. The number of carbonyl (C=O) groups is 1. The van der Waals surface area contributed by atoms with Crippen molar-refractivity contribution in [3.8, 4) is 5.69 Å². The number of benzene rings is 1. The Kier molecular flexibility index (Phi) is 6.01. The van der Waals surface area contributed by atoms with Gasteiger partial charge in [0.05, 0.1) is 12.3 Å². The Morgan fingerprint density at radius 2 is 2.05 bits per heavy atom. The van der Waals surface area contributed by atoms with E-state index in [1.165, 1.54) is 17.8 Å². The Morgan fingerprint density at radius 1 is 1.42 bits per heavy atom. The Labute approximate surface area is 118 Å². The van der Waals surface area contributed by atoms with Crippen LogP contribution in [0.3, 0.4) is 0 Å². The van der Waals surface area contributed by atoms with Gasteiger partial charge in [-0.2, -0.15) is 5.10 Å². The summed E-state index contributed by atoms with van der Waals surface area (Å²) in [7, 11) is 0. The first-order valence-electron chi connectivity index (χ1n) is 5.56. The topological polar surface area (TPSA) is 77.0 Å². The van der Waals surface area contributed by atoms with Gasteiger partial charge in [0.25, 0.3) is 0 Å². The van der Waals surface area contributed by atoms with Gasteiger partial charge in [-0.15, -0.1) is 0 Å². The van der Waals surface area contributed by atoms with Crippen LogP contribution in [0.4, 0.5) is 0 Å². The normalized spacial score (nSPS) is 9.42. The number of aromatic amines is 1. The predicted octanol–water partition coefficient (Wildman–Crippen LogP) is 1.89. The van der Waals surface area contributed by atoms with E-state index in [0.717, 1.165) is 10.2 Å². The number of hydrogen-bond acceptors (Lipinski definition) is 4. The van der Waals surface area contributed by atoms with E-state index < -0.39 is 0 Å². The molecule has 0 spiro atoms. The van der Waals surface area contributed by atoms with Gasteiger partial charge in [0, 0.05) is 11.4 Å². The van der Waals surface area contributed by atoms with E-state index in [9.17, 15) is 9.59 Å². The van der Waals surface area contributed by atoms with Crippen LogP contribution in [-0.4, -0.2) is 27.3 Å². The first-order chi connectivity index (χ1) is 9.04. The summed E-state index contributed by atoms with van der Waals surface area (Å²) in [5.74, 6) is -0.211. The lowest BCUT2D eigenvalue weighted by Crippen LogP contribution is -2.13. The van der Waals surface area contributed by atoms with E-state index in [1.807, 2.05) is 24.3 Å². The number of rotatable bonds is 2. The number of halogens is 1. The minimum atomic E-state index is -0.234. The highest BCUT2D eigenvalue weighted by Crippen LogP contribution is 2.11. The summed E-state index contributed by atoms with van der Waals surface area (Å²) in [4.78, 5) is 21.0. The molecule has 0 saturated carbocycles.